The highest BCUT2D eigenvalue weighted by atomic mass is 16.5. The van der Waals surface area contributed by atoms with Gasteiger partial charge in [0.05, 0.1) is 19.0 Å². The van der Waals surface area contributed by atoms with Crippen LogP contribution in [0.15, 0.2) is 17.5 Å². The summed E-state index contributed by atoms with van der Waals surface area (Å²) >= 11 is 0. The number of nitrogens with zero attached hydrogens (tertiary/aromatic N) is 4. The fourth-order valence-corrected chi connectivity index (χ4v) is 2.31. The highest BCUT2D eigenvalue weighted by Gasteiger charge is 2.21. The molecule has 0 aromatic carbocycles. The number of aromatic nitrogens is 2. The lowest BCUT2D eigenvalue weighted by Crippen LogP contribution is -2.37. The molecular weight excluding hydrogens is 246 g/mol. The predicted octanol–water partition coefficient (Wildman–Crippen LogP) is 0.434. The maximum Gasteiger partial charge on any atom is 0.190 e. The van der Waals surface area contributed by atoms with Crippen LogP contribution in [0.5, 0.6) is 0 Å². The lowest BCUT2D eigenvalue weighted by Gasteiger charge is -2.33. The standard InChI is InChI=1S/C12H19N5O2/c1-19-8-9-3-2-4-17(7-9)11-6-14-10(5-15-11)12(13)16-18/h5-6,9,18H,2-4,7-8H2,1H3,(H2,13,16). The summed E-state index contributed by atoms with van der Waals surface area (Å²) in [6.45, 7) is 2.66. The second kappa shape index (κ2) is 6.33. The van der Waals surface area contributed by atoms with Crippen LogP contribution in [0.25, 0.3) is 0 Å². The molecule has 1 saturated heterocycles. The summed E-state index contributed by atoms with van der Waals surface area (Å²) in [6, 6.07) is 0. The molecular formula is C12H19N5O2. The first kappa shape index (κ1) is 13.5. The number of oxime groups is 1. The first-order chi connectivity index (χ1) is 9.24. The van der Waals surface area contributed by atoms with Gasteiger partial charge in [0, 0.05) is 20.2 Å². The van der Waals surface area contributed by atoms with E-state index >= 15 is 0 Å². The Balaban J connectivity index is 2.05. The normalized spacial score (nSPS) is 20.6. The van der Waals surface area contributed by atoms with Gasteiger partial charge in [-0.2, -0.15) is 0 Å². The largest absolute Gasteiger partial charge is 0.409 e. The lowest BCUT2D eigenvalue weighted by molar-refractivity contribution is 0.143. The predicted molar refractivity (Wildman–Crippen MR) is 71.4 cm³/mol. The Morgan fingerprint density at radius 2 is 2.42 bits per heavy atom. The van der Waals surface area contributed by atoms with Gasteiger partial charge in [-0.1, -0.05) is 5.16 Å². The Bertz CT molecular complexity index is 432. The van der Waals surface area contributed by atoms with Crippen LogP contribution in [0.2, 0.25) is 0 Å². The highest BCUT2D eigenvalue weighted by molar-refractivity contribution is 5.94. The van der Waals surface area contributed by atoms with E-state index in [-0.39, 0.29) is 5.84 Å². The van der Waals surface area contributed by atoms with Crippen molar-refractivity contribution in [1.82, 2.24) is 9.97 Å². The van der Waals surface area contributed by atoms with Gasteiger partial charge in [0.25, 0.3) is 0 Å². The van der Waals surface area contributed by atoms with E-state index in [1.54, 1.807) is 13.3 Å². The first-order valence-electron chi connectivity index (χ1n) is 6.28. The SMILES string of the molecule is COCC1CCCN(c2cnc(C(N)=NO)cn2)C1. The minimum Gasteiger partial charge on any atom is -0.409 e. The zero-order chi connectivity index (χ0) is 13.7. The molecule has 1 aromatic rings. The van der Waals surface area contributed by atoms with Crippen molar-refractivity contribution in [3.05, 3.63) is 18.1 Å². The zero-order valence-corrected chi connectivity index (χ0v) is 11.0. The zero-order valence-electron chi connectivity index (χ0n) is 11.0. The van der Waals surface area contributed by atoms with Gasteiger partial charge < -0.3 is 20.6 Å². The molecule has 1 atom stereocenters. The van der Waals surface area contributed by atoms with Crippen LogP contribution >= 0.6 is 0 Å². The van der Waals surface area contributed by atoms with E-state index in [1.807, 2.05) is 0 Å². The van der Waals surface area contributed by atoms with Gasteiger partial charge in [-0.25, -0.2) is 9.97 Å². The third kappa shape index (κ3) is 3.31. The molecule has 0 amide bonds. The van der Waals surface area contributed by atoms with Gasteiger partial charge in [-0.3, -0.25) is 0 Å². The molecule has 1 aromatic heterocycles. The molecule has 0 radical (unpaired) electrons. The van der Waals surface area contributed by atoms with Crippen molar-refractivity contribution in [3.8, 4) is 0 Å². The Morgan fingerprint density at radius 1 is 1.58 bits per heavy atom. The topological polar surface area (TPSA) is 96.9 Å². The number of methoxy groups -OCH3 is 1. The molecule has 7 nitrogen and oxygen atoms in total. The molecule has 1 fully saturated rings. The second-order valence-electron chi connectivity index (χ2n) is 4.65. The van der Waals surface area contributed by atoms with Gasteiger partial charge in [0.1, 0.15) is 11.5 Å². The monoisotopic (exact) mass is 265 g/mol. The number of ether oxygens (including phenoxy) is 1. The van der Waals surface area contributed by atoms with Crippen LogP contribution in [0.4, 0.5) is 5.82 Å². The number of hydrogen-bond acceptors (Lipinski definition) is 6. The van der Waals surface area contributed by atoms with Gasteiger partial charge in [-0.05, 0) is 18.8 Å². The van der Waals surface area contributed by atoms with Crippen LogP contribution in [0, 0.1) is 5.92 Å². The van der Waals surface area contributed by atoms with E-state index in [2.05, 4.69) is 20.0 Å². The van der Waals surface area contributed by atoms with Crippen molar-refractivity contribution >= 4 is 11.7 Å². The molecule has 19 heavy (non-hydrogen) atoms. The van der Waals surface area contributed by atoms with Gasteiger partial charge in [0.15, 0.2) is 5.84 Å². The van der Waals surface area contributed by atoms with E-state index in [9.17, 15) is 0 Å². The quantitative estimate of drug-likeness (QED) is 0.355. The average Bonchev–Trinajstić information content (AvgIpc) is 2.47. The highest BCUT2D eigenvalue weighted by Crippen LogP contribution is 2.21. The molecule has 0 aliphatic carbocycles. The summed E-state index contributed by atoms with van der Waals surface area (Å²) in [6.07, 6.45) is 5.48. The van der Waals surface area contributed by atoms with E-state index in [1.165, 1.54) is 12.6 Å². The third-order valence-electron chi connectivity index (χ3n) is 3.25. The number of rotatable bonds is 4. The summed E-state index contributed by atoms with van der Waals surface area (Å²) in [5.41, 5.74) is 5.82. The van der Waals surface area contributed by atoms with E-state index in [0.717, 1.165) is 31.9 Å². The molecule has 2 rings (SSSR count). The molecule has 104 valence electrons. The number of hydrogen-bond donors (Lipinski definition) is 2. The van der Waals surface area contributed by atoms with Gasteiger partial charge in [0.2, 0.25) is 0 Å². The van der Waals surface area contributed by atoms with E-state index in [4.69, 9.17) is 15.7 Å². The third-order valence-corrected chi connectivity index (χ3v) is 3.25. The van der Waals surface area contributed by atoms with Crippen molar-refractivity contribution in [3.63, 3.8) is 0 Å². The van der Waals surface area contributed by atoms with Crippen LogP contribution in [-0.4, -0.2) is 47.8 Å². The molecule has 0 saturated carbocycles. The number of amidine groups is 1. The maximum absolute atomic E-state index is 8.57. The number of piperidine rings is 1. The first-order valence-corrected chi connectivity index (χ1v) is 6.28. The minimum absolute atomic E-state index is 0.0325. The lowest BCUT2D eigenvalue weighted by atomic mass is 9.99. The summed E-state index contributed by atoms with van der Waals surface area (Å²) in [5.74, 6) is 1.31. The van der Waals surface area contributed by atoms with E-state index in [0.29, 0.717) is 11.6 Å². The number of nitrogens with two attached hydrogens (primary N) is 1. The van der Waals surface area contributed by atoms with Crippen molar-refractivity contribution in [2.75, 3.05) is 31.7 Å². The van der Waals surface area contributed by atoms with Crippen molar-refractivity contribution in [2.24, 2.45) is 16.8 Å². The van der Waals surface area contributed by atoms with Crippen LogP contribution < -0.4 is 10.6 Å². The molecule has 1 aliphatic rings. The van der Waals surface area contributed by atoms with Crippen LogP contribution in [0.1, 0.15) is 18.5 Å². The molecule has 0 bridgehead atoms. The Labute approximate surface area is 112 Å². The fourth-order valence-electron chi connectivity index (χ4n) is 2.31. The van der Waals surface area contributed by atoms with E-state index < -0.39 is 0 Å². The van der Waals surface area contributed by atoms with Gasteiger partial charge in [-0.15, -0.1) is 0 Å². The van der Waals surface area contributed by atoms with Crippen LogP contribution in [0.3, 0.4) is 0 Å². The smallest absolute Gasteiger partial charge is 0.190 e. The van der Waals surface area contributed by atoms with Crippen molar-refractivity contribution in [2.45, 2.75) is 12.8 Å². The molecule has 1 unspecified atom stereocenters. The van der Waals surface area contributed by atoms with Crippen molar-refractivity contribution in [1.29, 1.82) is 0 Å². The number of anilines is 1. The Kier molecular flexibility index (Phi) is 4.51. The molecule has 7 heteroatoms. The summed E-state index contributed by atoms with van der Waals surface area (Å²) in [5, 5.41) is 11.5. The van der Waals surface area contributed by atoms with Gasteiger partial charge >= 0.3 is 0 Å². The molecule has 2 heterocycles. The summed E-state index contributed by atoms with van der Waals surface area (Å²) in [7, 11) is 1.73. The molecule has 1 aliphatic heterocycles. The Morgan fingerprint density at radius 3 is 3.05 bits per heavy atom. The van der Waals surface area contributed by atoms with Crippen molar-refractivity contribution < 1.29 is 9.94 Å². The maximum atomic E-state index is 8.57. The fraction of sp³-hybridized carbons (Fsp3) is 0.583. The second-order valence-corrected chi connectivity index (χ2v) is 4.65. The van der Waals surface area contributed by atoms with Crippen LogP contribution in [-0.2, 0) is 4.74 Å². The molecule has 3 N–H and O–H groups in total. The summed E-state index contributed by atoms with van der Waals surface area (Å²) in [4.78, 5) is 10.7. The Hall–Kier alpha value is -1.89. The summed E-state index contributed by atoms with van der Waals surface area (Å²) < 4.78 is 5.21. The minimum atomic E-state index is -0.0325. The average molecular weight is 265 g/mol. The molecule has 0 spiro atoms.